The Morgan fingerprint density at radius 3 is 2.70 bits per heavy atom. The van der Waals surface area contributed by atoms with E-state index in [1.165, 1.54) is 13.2 Å². The molecule has 2 aromatic rings. The summed E-state index contributed by atoms with van der Waals surface area (Å²) in [6, 6.07) is 9.19. The quantitative estimate of drug-likeness (QED) is 0.490. The van der Waals surface area contributed by atoms with Gasteiger partial charge in [0.1, 0.15) is 24.0 Å². The number of halogens is 3. The third kappa shape index (κ3) is 4.66. The van der Waals surface area contributed by atoms with E-state index in [1.807, 2.05) is 0 Å². The molecule has 0 aliphatic carbocycles. The van der Waals surface area contributed by atoms with Crippen molar-refractivity contribution >= 4 is 29.2 Å². The van der Waals surface area contributed by atoms with Gasteiger partial charge < -0.3 is 19.7 Å². The maximum Gasteiger partial charge on any atom is 0.336 e. The van der Waals surface area contributed by atoms with Gasteiger partial charge >= 0.3 is 12.0 Å². The lowest BCUT2D eigenvalue weighted by atomic mass is 9.88. The van der Waals surface area contributed by atoms with Crippen LogP contribution < -0.4 is 10.1 Å². The van der Waals surface area contributed by atoms with Crippen LogP contribution in [0.3, 0.4) is 0 Å². The first-order valence-corrected chi connectivity index (χ1v) is 11.0. The molecule has 33 heavy (non-hydrogen) atoms. The van der Waals surface area contributed by atoms with Gasteiger partial charge in [-0.3, -0.25) is 0 Å². The Morgan fingerprint density at radius 1 is 1.18 bits per heavy atom. The molecule has 4 rings (SSSR count). The van der Waals surface area contributed by atoms with Gasteiger partial charge in [-0.2, -0.15) is 0 Å². The van der Waals surface area contributed by atoms with E-state index in [0.717, 1.165) is 12.1 Å². The van der Waals surface area contributed by atoms with Crippen LogP contribution >= 0.6 is 11.6 Å². The zero-order valence-electron chi connectivity index (χ0n) is 17.9. The summed E-state index contributed by atoms with van der Waals surface area (Å²) in [5, 5.41) is 3.29. The topological polar surface area (TPSA) is 67.9 Å². The minimum atomic E-state index is -0.750. The highest BCUT2D eigenvalue weighted by Crippen LogP contribution is 2.44. The molecule has 9 heteroatoms. The number of hydrogen-bond acceptors (Lipinski definition) is 4. The number of carbonyl (C=O) groups excluding carboxylic acids is 2. The second-order valence-corrected chi connectivity index (χ2v) is 8.28. The number of ether oxygens (including phenoxy) is 2. The predicted molar refractivity (Wildman–Crippen MR) is 119 cm³/mol. The Labute approximate surface area is 195 Å². The molecule has 2 heterocycles. The molecule has 0 radical (unpaired) electrons. The number of para-hydroxylation sites is 1. The number of amides is 2. The maximum absolute atomic E-state index is 14.5. The summed E-state index contributed by atoms with van der Waals surface area (Å²) < 4.78 is 38.5. The predicted octanol–water partition coefficient (Wildman–Crippen LogP) is 4.57. The zero-order chi connectivity index (χ0) is 23.5. The van der Waals surface area contributed by atoms with Crippen molar-refractivity contribution in [1.29, 1.82) is 0 Å². The van der Waals surface area contributed by atoms with Crippen LogP contribution in [0.5, 0.6) is 5.75 Å². The van der Waals surface area contributed by atoms with Gasteiger partial charge in [0.05, 0.1) is 30.3 Å². The van der Waals surface area contributed by atoms with Crippen LogP contribution in [-0.2, 0) is 9.53 Å². The summed E-state index contributed by atoms with van der Waals surface area (Å²) >= 11 is 6.06. The highest BCUT2D eigenvalue weighted by Gasteiger charge is 2.47. The number of carbonyl (C=O) groups is 2. The second-order valence-electron chi connectivity index (χ2n) is 7.88. The maximum atomic E-state index is 14.5. The van der Waals surface area contributed by atoms with Crippen LogP contribution in [0.15, 0.2) is 48.0 Å². The molecule has 1 N–H and O–H groups in total. The Bertz CT molecular complexity index is 1110. The lowest BCUT2D eigenvalue weighted by Crippen LogP contribution is -2.51. The molecule has 6 nitrogen and oxygen atoms in total. The number of rotatable bonds is 6. The summed E-state index contributed by atoms with van der Waals surface area (Å²) in [6.07, 6.45) is 1.47. The molecule has 0 saturated carbocycles. The van der Waals surface area contributed by atoms with Gasteiger partial charge in [-0.1, -0.05) is 23.7 Å². The molecular weight excluding hydrogens is 454 g/mol. The average Bonchev–Trinajstić information content (AvgIpc) is 3.11. The zero-order valence-corrected chi connectivity index (χ0v) is 18.7. The van der Waals surface area contributed by atoms with Crippen LogP contribution in [0.2, 0.25) is 5.02 Å². The van der Waals surface area contributed by atoms with Crippen molar-refractivity contribution in [3.05, 3.63) is 70.3 Å². The molecule has 2 aliphatic heterocycles. The van der Waals surface area contributed by atoms with Gasteiger partial charge in [-0.05, 0) is 49.1 Å². The first-order valence-electron chi connectivity index (χ1n) is 10.6. The Morgan fingerprint density at radius 2 is 1.97 bits per heavy atom. The van der Waals surface area contributed by atoms with Crippen LogP contribution in [0, 0.1) is 11.6 Å². The standard InChI is InChI=1S/C24H23ClF2N2O4/c1-32-23(30)22-17(16-8-6-14(26)12-19(16)27)13-15-7-9-20(22)29(15)24(31)28-10-11-33-21-5-3-2-4-18(21)25/h2-6,8,12,15,20H,7,9-11,13H2,1H3,(H,28,31). The Kier molecular flexibility index (Phi) is 6.83. The van der Waals surface area contributed by atoms with Crippen molar-refractivity contribution in [2.75, 3.05) is 20.3 Å². The van der Waals surface area contributed by atoms with E-state index in [2.05, 4.69) is 5.32 Å². The van der Waals surface area contributed by atoms with Gasteiger partial charge in [-0.25, -0.2) is 18.4 Å². The molecule has 0 aromatic heterocycles. The molecule has 174 valence electrons. The van der Waals surface area contributed by atoms with E-state index in [4.69, 9.17) is 21.1 Å². The van der Waals surface area contributed by atoms with Crippen molar-refractivity contribution in [3.63, 3.8) is 0 Å². The molecule has 1 saturated heterocycles. The Hall–Kier alpha value is -3.13. The SMILES string of the molecule is COC(=O)C1=C(c2ccc(F)cc2F)CC2CCC1N2C(=O)NCCOc1ccccc1Cl. The number of fused-ring (bicyclic) bond motifs is 2. The number of nitrogens with one attached hydrogen (secondary N) is 1. The number of urea groups is 1. The monoisotopic (exact) mass is 476 g/mol. The van der Waals surface area contributed by atoms with Crippen molar-refractivity contribution in [3.8, 4) is 5.75 Å². The smallest absolute Gasteiger partial charge is 0.336 e. The summed E-state index contributed by atoms with van der Waals surface area (Å²) in [6.45, 7) is 0.446. The van der Waals surface area contributed by atoms with E-state index >= 15 is 0 Å². The number of benzene rings is 2. The van der Waals surface area contributed by atoms with E-state index in [0.29, 0.717) is 29.2 Å². The van der Waals surface area contributed by atoms with Gasteiger partial charge in [-0.15, -0.1) is 0 Å². The lowest BCUT2D eigenvalue weighted by Gasteiger charge is -2.37. The fourth-order valence-electron chi connectivity index (χ4n) is 4.55. The van der Waals surface area contributed by atoms with E-state index in [9.17, 15) is 18.4 Å². The summed E-state index contributed by atoms with van der Waals surface area (Å²) in [5.41, 5.74) is 0.846. The third-order valence-corrected chi connectivity index (χ3v) is 6.28. The minimum absolute atomic E-state index is 0.155. The van der Waals surface area contributed by atoms with Crippen LogP contribution in [0.25, 0.3) is 5.57 Å². The normalized spacial score (nSPS) is 19.5. The molecule has 2 bridgehead atoms. The minimum Gasteiger partial charge on any atom is -0.490 e. The third-order valence-electron chi connectivity index (χ3n) is 5.97. The van der Waals surface area contributed by atoms with Gasteiger partial charge in [0.15, 0.2) is 0 Å². The van der Waals surface area contributed by atoms with Crippen molar-refractivity contribution in [1.82, 2.24) is 10.2 Å². The summed E-state index contributed by atoms with van der Waals surface area (Å²) in [7, 11) is 1.24. The van der Waals surface area contributed by atoms with Crippen molar-refractivity contribution in [2.24, 2.45) is 0 Å². The first-order chi connectivity index (χ1) is 15.9. The van der Waals surface area contributed by atoms with Crippen LogP contribution in [-0.4, -0.2) is 49.2 Å². The molecule has 2 aliphatic rings. The fourth-order valence-corrected chi connectivity index (χ4v) is 4.74. The summed E-state index contributed by atoms with van der Waals surface area (Å²) in [5.74, 6) is -1.55. The fraction of sp³-hybridized carbons (Fsp3) is 0.333. The number of methoxy groups -OCH3 is 1. The van der Waals surface area contributed by atoms with Crippen LogP contribution in [0.1, 0.15) is 24.8 Å². The lowest BCUT2D eigenvalue weighted by molar-refractivity contribution is -0.136. The molecular formula is C24H23ClF2N2O4. The van der Waals surface area contributed by atoms with Crippen LogP contribution in [0.4, 0.5) is 13.6 Å². The largest absolute Gasteiger partial charge is 0.490 e. The van der Waals surface area contributed by atoms with Gasteiger partial charge in [0, 0.05) is 17.7 Å². The van der Waals surface area contributed by atoms with Gasteiger partial charge in [0.2, 0.25) is 0 Å². The van der Waals surface area contributed by atoms with E-state index in [1.54, 1.807) is 29.2 Å². The first kappa shape index (κ1) is 23.0. The number of nitrogens with zero attached hydrogens (tertiary/aromatic N) is 1. The Balaban J connectivity index is 1.50. The molecule has 2 amide bonds. The molecule has 1 fully saturated rings. The average molecular weight is 477 g/mol. The molecule has 0 spiro atoms. The number of esters is 1. The van der Waals surface area contributed by atoms with Crippen molar-refractivity contribution in [2.45, 2.75) is 31.3 Å². The number of hydrogen-bond donors (Lipinski definition) is 1. The molecule has 2 atom stereocenters. The van der Waals surface area contributed by atoms with Gasteiger partial charge in [0.25, 0.3) is 0 Å². The van der Waals surface area contributed by atoms with Crippen molar-refractivity contribution < 1.29 is 27.8 Å². The summed E-state index contributed by atoms with van der Waals surface area (Å²) in [4.78, 5) is 27.3. The highest BCUT2D eigenvalue weighted by molar-refractivity contribution is 6.32. The van der Waals surface area contributed by atoms with E-state index in [-0.39, 0.29) is 42.8 Å². The highest BCUT2D eigenvalue weighted by atomic mass is 35.5. The van der Waals surface area contributed by atoms with E-state index < -0.39 is 23.6 Å². The molecule has 2 unspecified atom stereocenters. The second kappa shape index (κ2) is 9.79. The molecule has 2 aromatic carbocycles.